The number of aryl methyl sites for hydroxylation is 1. The number of benzene rings is 9. The lowest BCUT2D eigenvalue weighted by molar-refractivity contribution is 0.660. The average molecular weight is 718 g/mol. The fraction of sp³-hybridized carbons (Fsp3) is 0.0741. The summed E-state index contributed by atoms with van der Waals surface area (Å²) in [5, 5.41) is 7.13. The van der Waals surface area contributed by atoms with Gasteiger partial charge in [0.1, 0.15) is 11.2 Å². The molecule has 10 aromatic rings. The zero-order valence-corrected chi connectivity index (χ0v) is 31.7. The minimum atomic E-state index is -0.141. The van der Waals surface area contributed by atoms with Gasteiger partial charge in [0, 0.05) is 38.8 Å². The molecule has 56 heavy (non-hydrogen) atoms. The van der Waals surface area contributed by atoms with Crippen molar-refractivity contribution >= 4 is 60.5 Å². The van der Waals surface area contributed by atoms with Crippen LogP contribution in [0.2, 0.25) is 0 Å². The van der Waals surface area contributed by atoms with E-state index in [2.05, 4.69) is 208 Å². The van der Waals surface area contributed by atoms with Gasteiger partial charge in [0.25, 0.3) is 0 Å². The van der Waals surface area contributed by atoms with Crippen LogP contribution >= 0.6 is 0 Å². The van der Waals surface area contributed by atoms with Gasteiger partial charge in [-0.25, -0.2) is 0 Å². The van der Waals surface area contributed by atoms with Gasteiger partial charge in [0.15, 0.2) is 0 Å². The van der Waals surface area contributed by atoms with E-state index in [1.165, 1.54) is 66.1 Å². The molecule has 0 saturated carbocycles. The lowest BCUT2D eigenvalue weighted by Gasteiger charge is -2.31. The first-order valence-electron chi connectivity index (χ1n) is 19.5. The summed E-state index contributed by atoms with van der Waals surface area (Å²) in [4.78, 5) is 2.50. The van der Waals surface area contributed by atoms with Crippen molar-refractivity contribution in [2.75, 3.05) is 4.90 Å². The zero-order valence-electron chi connectivity index (χ0n) is 31.7. The Balaban J connectivity index is 1.21. The van der Waals surface area contributed by atoms with E-state index in [0.717, 1.165) is 44.6 Å². The topological polar surface area (TPSA) is 16.4 Å². The smallest absolute Gasteiger partial charge is 0.138 e. The predicted molar refractivity (Wildman–Crippen MR) is 237 cm³/mol. The highest BCUT2D eigenvalue weighted by atomic mass is 16.3. The van der Waals surface area contributed by atoms with Crippen LogP contribution in [0.3, 0.4) is 0 Å². The minimum absolute atomic E-state index is 0.141. The van der Waals surface area contributed by atoms with Crippen LogP contribution in [-0.2, 0) is 5.41 Å². The highest BCUT2D eigenvalue weighted by Crippen LogP contribution is 2.56. The van der Waals surface area contributed by atoms with E-state index < -0.39 is 0 Å². The third-order valence-electron chi connectivity index (χ3n) is 12.2. The molecule has 11 rings (SSSR count). The van der Waals surface area contributed by atoms with Crippen LogP contribution in [0.1, 0.15) is 30.5 Å². The molecule has 266 valence electrons. The molecular weight excluding hydrogens is 679 g/mol. The van der Waals surface area contributed by atoms with E-state index in [1.54, 1.807) is 0 Å². The van der Waals surface area contributed by atoms with E-state index in [1.807, 2.05) is 0 Å². The van der Waals surface area contributed by atoms with Crippen LogP contribution in [-0.4, -0.2) is 0 Å². The Kier molecular flexibility index (Phi) is 7.15. The van der Waals surface area contributed by atoms with Gasteiger partial charge in [-0.2, -0.15) is 0 Å². The maximum atomic E-state index is 7.00. The monoisotopic (exact) mass is 717 g/mol. The molecule has 2 nitrogen and oxygen atoms in total. The summed E-state index contributed by atoms with van der Waals surface area (Å²) in [7, 11) is 0. The minimum Gasteiger partial charge on any atom is -0.456 e. The Bertz CT molecular complexity index is 3180. The molecule has 0 radical (unpaired) electrons. The normalized spacial score (nSPS) is 13.1. The SMILES string of the molecule is Cc1cccc2cccc(-c3ccc4c(c3)oc3cc(N(c5ccccc5-c5ccccc5)c5cccc6c5-c5ccccc5C6(C)C)c5ccccc5c34)c12. The highest BCUT2D eigenvalue weighted by molar-refractivity contribution is 6.23. The van der Waals surface area contributed by atoms with Gasteiger partial charge in [-0.1, -0.05) is 166 Å². The molecule has 0 N–H and O–H groups in total. The molecule has 0 atom stereocenters. The first-order valence-corrected chi connectivity index (χ1v) is 19.5. The number of anilines is 3. The van der Waals surface area contributed by atoms with Crippen molar-refractivity contribution in [3.8, 4) is 33.4 Å². The number of nitrogens with zero attached hydrogens (tertiary/aromatic N) is 1. The summed E-state index contributed by atoms with van der Waals surface area (Å²) in [6.45, 7) is 6.91. The maximum Gasteiger partial charge on any atom is 0.138 e. The van der Waals surface area contributed by atoms with E-state index in [-0.39, 0.29) is 5.41 Å². The Morgan fingerprint density at radius 3 is 1.95 bits per heavy atom. The van der Waals surface area contributed by atoms with Crippen LogP contribution in [0.15, 0.2) is 186 Å². The molecule has 2 heteroatoms. The van der Waals surface area contributed by atoms with Gasteiger partial charge >= 0.3 is 0 Å². The zero-order chi connectivity index (χ0) is 37.5. The molecule has 0 saturated heterocycles. The third kappa shape index (κ3) is 4.75. The molecule has 0 aliphatic heterocycles. The average Bonchev–Trinajstić information content (AvgIpc) is 3.73. The lowest BCUT2D eigenvalue weighted by Crippen LogP contribution is -2.16. The second-order valence-corrected chi connectivity index (χ2v) is 15.7. The Morgan fingerprint density at radius 2 is 1.09 bits per heavy atom. The van der Waals surface area contributed by atoms with Crippen molar-refractivity contribution in [2.24, 2.45) is 0 Å². The fourth-order valence-electron chi connectivity index (χ4n) is 9.58. The van der Waals surface area contributed by atoms with Crippen molar-refractivity contribution in [1.82, 2.24) is 0 Å². The maximum absolute atomic E-state index is 7.00. The first-order chi connectivity index (χ1) is 27.5. The molecule has 1 aliphatic rings. The quantitative estimate of drug-likeness (QED) is 0.176. The molecular formula is C54H39NO. The summed E-state index contributed by atoms with van der Waals surface area (Å²) in [5.41, 5.74) is 16.2. The molecule has 1 aliphatic carbocycles. The molecule has 0 spiro atoms. The summed E-state index contributed by atoms with van der Waals surface area (Å²) in [6, 6.07) is 66.3. The number of para-hydroxylation sites is 1. The second kappa shape index (κ2) is 12.3. The highest BCUT2D eigenvalue weighted by Gasteiger charge is 2.38. The second-order valence-electron chi connectivity index (χ2n) is 15.7. The van der Waals surface area contributed by atoms with E-state index in [0.29, 0.717) is 0 Å². The number of fused-ring (bicyclic) bond motifs is 9. The summed E-state index contributed by atoms with van der Waals surface area (Å²) < 4.78 is 7.00. The predicted octanol–water partition coefficient (Wildman–Crippen LogP) is 15.3. The van der Waals surface area contributed by atoms with E-state index in [4.69, 9.17) is 4.42 Å². The number of rotatable bonds is 5. The van der Waals surface area contributed by atoms with Crippen LogP contribution in [0.5, 0.6) is 0 Å². The molecule has 0 fully saturated rings. The molecule has 0 amide bonds. The molecule has 0 bridgehead atoms. The number of hydrogen-bond acceptors (Lipinski definition) is 2. The van der Waals surface area contributed by atoms with E-state index in [9.17, 15) is 0 Å². The number of furan rings is 1. The van der Waals surface area contributed by atoms with Crippen LogP contribution in [0, 0.1) is 6.92 Å². The summed E-state index contributed by atoms with van der Waals surface area (Å²) in [5.74, 6) is 0. The van der Waals surface area contributed by atoms with Crippen molar-refractivity contribution in [1.29, 1.82) is 0 Å². The molecule has 0 unspecified atom stereocenters. The van der Waals surface area contributed by atoms with Gasteiger partial charge in [-0.05, 0) is 86.3 Å². The summed E-state index contributed by atoms with van der Waals surface area (Å²) >= 11 is 0. The Hall–Kier alpha value is -6.90. The molecule has 1 aromatic heterocycles. The van der Waals surface area contributed by atoms with Gasteiger partial charge in [0.2, 0.25) is 0 Å². The van der Waals surface area contributed by atoms with Crippen molar-refractivity contribution < 1.29 is 4.42 Å². The Morgan fingerprint density at radius 1 is 0.429 bits per heavy atom. The van der Waals surface area contributed by atoms with E-state index >= 15 is 0 Å². The fourth-order valence-corrected chi connectivity index (χ4v) is 9.58. The third-order valence-corrected chi connectivity index (χ3v) is 12.2. The van der Waals surface area contributed by atoms with Crippen molar-refractivity contribution in [3.63, 3.8) is 0 Å². The lowest BCUT2D eigenvalue weighted by atomic mass is 9.82. The standard InChI is InChI=1S/C54H39NO/c1-34-16-13-19-36-20-14-25-39(51(34)36)37-30-31-43-49(32-37)56-50-33-48(40-22-7-8-23-41(40)52(43)50)55(46-28-12-10-21-38(46)35-17-5-4-6-18-35)47-29-15-27-45-53(47)42-24-9-11-26-44(42)54(45,2)3/h4-33H,1-3H3. The van der Waals surface area contributed by atoms with Gasteiger partial charge in [-0.3, -0.25) is 0 Å². The summed E-state index contributed by atoms with van der Waals surface area (Å²) in [6.07, 6.45) is 0. The van der Waals surface area contributed by atoms with Gasteiger partial charge in [0.05, 0.1) is 17.1 Å². The number of hydrogen-bond donors (Lipinski definition) is 0. The van der Waals surface area contributed by atoms with Crippen molar-refractivity contribution in [3.05, 3.63) is 199 Å². The van der Waals surface area contributed by atoms with Gasteiger partial charge in [-0.15, -0.1) is 0 Å². The largest absolute Gasteiger partial charge is 0.456 e. The van der Waals surface area contributed by atoms with Crippen LogP contribution in [0.4, 0.5) is 17.1 Å². The first kappa shape index (κ1) is 32.5. The van der Waals surface area contributed by atoms with Gasteiger partial charge < -0.3 is 9.32 Å². The van der Waals surface area contributed by atoms with Crippen molar-refractivity contribution in [2.45, 2.75) is 26.2 Å². The molecule has 9 aromatic carbocycles. The van der Waals surface area contributed by atoms with Crippen LogP contribution in [0.25, 0.3) is 76.9 Å². The molecule has 1 heterocycles. The van der Waals surface area contributed by atoms with Crippen LogP contribution < -0.4 is 4.90 Å². The Labute approximate surface area is 326 Å².